The maximum atomic E-state index is 12.3. The Balaban J connectivity index is 2.50. The number of carbonyl (C=O) groups excluding carboxylic acids is 2. The fourth-order valence-corrected chi connectivity index (χ4v) is 2.44. The lowest BCUT2D eigenvalue weighted by Crippen LogP contribution is -2.51. The summed E-state index contributed by atoms with van der Waals surface area (Å²) in [6.07, 6.45) is 2.12. The van der Waals surface area contributed by atoms with Gasteiger partial charge in [-0.1, -0.05) is 0 Å². The molecule has 10 heteroatoms. The van der Waals surface area contributed by atoms with E-state index in [1.165, 1.54) is 4.90 Å². The molecule has 1 fully saturated rings. The minimum Gasteiger partial charge on any atom is -0.480 e. The fourth-order valence-electron chi connectivity index (χ4n) is 2.44. The molecule has 0 aromatic rings. The molecule has 0 spiro atoms. The number of nitrogens with two attached hydrogens (primary N) is 3. The molecule has 1 heterocycles. The van der Waals surface area contributed by atoms with Crippen LogP contribution in [0.4, 0.5) is 0 Å². The van der Waals surface area contributed by atoms with Gasteiger partial charge in [0, 0.05) is 13.1 Å². The van der Waals surface area contributed by atoms with Crippen molar-refractivity contribution < 1.29 is 19.5 Å². The molecule has 0 aromatic carbocycles. The van der Waals surface area contributed by atoms with Crippen molar-refractivity contribution in [3.05, 3.63) is 0 Å². The van der Waals surface area contributed by atoms with Crippen LogP contribution in [0.25, 0.3) is 0 Å². The summed E-state index contributed by atoms with van der Waals surface area (Å²) >= 11 is 0. The van der Waals surface area contributed by atoms with Gasteiger partial charge in [0.15, 0.2) is 5.96 Å². The highest BCUT2D eigenvalue weighted by Crippen LogP contribution is 2.19. The van der Waals surface area contributed by atoms with Crippen molar-refractivity contribution in [1.29, 1.82) is 0 Å². The zero-order valence-electron chi connectivity index (χ0n) is 12.9. The number of rotatable bonds is 8. The molecular formula is C13H24N6O4. The van der Waals surface area contributed by atoms with E-state index >= 15 is 0 Å². The van der Waals surface area contributed by atoms with Gasteiger partial charge in [-0.3, -0.25) is 19.4 Å². The summed E-state index contributed by atoms with van der Waals surface area (Å²) in [4.78, 5) is 40.0. The van der Waals surface area contributed by atoms with Crippen molar-refractivity contribution in [2.24, 2.45) is 22.2 Å². The number of carbonyl (C=O) groups is 3. The van der Waals surface area contributed by atoms with Crippen LogP contribution in [0.2, 0.25) is 0 Å². The molecule has 1 saturated heterocycles. The number of likely N-dealkylation sites (tertiary alicyclic amines) is 1. The van der Waals surface area contributed by atoms with Crippen LogP contribution in [0.1, 0.15) is 25.7 Å². The van der Waals surface area contributed by atoms with E-state index in [0.717, 1.165) is 0 Å². The Morgan fingerprint density at radius 3 is 2.65 bits per heavy atom. The van der Waals surface area contributed by atoms with Gasteiger partial charge in [0.1, 0.15) is 12.6 Å². The molecule has 10 nitrogen and oxygen atoms in total. The number of nitrogens with one attached hydrogen (secondary N) is 1. The monoisotopic (exact) mass is 328 g/mol. The molecule has 23 heavy (non-hydrogen) atoms. The minimum atomic E-state index is -1.13. The van der Waals surface area contributed by atoms with Crippen molar-refractivity contribution >= 4 is 23.7 Å². The first-order valence-electron chi connectivity index (χ1n) is 7.44. The first-order chi connectivity index (χ1) is 10.8. The number of hydrogen-bond acceptors (Lipinski definition) is 5. The second kappa shape index (κ2) is 8.93. The maximum Gasteiger partial charge on any atom is 0.322 e. The number of hydrogen-bond donors (Lipinski definition) is 5. The van der Waals surface area contributed by atoms with Crippen molar-refractivity contribution in [2.45, 2.75) is 37.8 Å². The molecule has 0 saturated carbocycles. The molecule has 1 aliphatic heterocycles. The van der Waals surface area contributed by atoms with E-state index in [1.54, 1.807) is 0 Å². The Labute approximate surface area is 134 Å². The Morgan fingerprint density at radius 2 is 2.04 bits per heavy atom. The summed E-state index contributed by atoms with van der Waals surface area (Å²) in [6, 6.07) is -1.40. The van der Waals surface area contributed by atoms with Gasteiger partial charge in [0.2, 0.25) is 11.8 Å². The van der Waals surface area contributed by atoms with E-state index in [0.29, 0.717) is 38.8 Å². The lowest BCUT2D eigenvalue weighted by molar-refractivity contribution is -0.141. The van der Waals surface area contributed by atoms with Crippen LogP contribution in [0.5, 0.6) is 0 Å². The minimum absolute atomic E-state index is 0.0143. The molecule has 8 N–H and O–H groups in total. The number of guanidine groups is 1. The van der Waals surface area contributed by atoms with Crippen molar-refractivity contribution in [3.8, 4) is 0 Å². The topological polar surface area (TPSA) is 177 Å². The Hall–Kier alpha value is -2.36. The fraction of sp³-hybridized carbons (Fsp3) is 0.692. The largest absolute Gasteiger partial charge is 0.480 e. The SMILES string of the molecule is NC(N)=NCCCC(N)C(=O)N1CCCC1C(=O)NCC(=O)O. The van der Waals surface area contributed by atoms with Crippen LogP contribution in [-0.2, 0) is 14.4 Å². The number of carboxylic acids is 1. The third-order valence-corrected chi connectivity index (χ3v) is 3.54. The molecule has 1 aliphatic rings. The third kappa shape index (κ3) is 6.10. The Morgan fingerprint density at radius 1 is 1.35 bits per heavy atom. The smallest absolute Gasteiger partial charge is 0.322 e. The first kappa shape index (κ1) is 18.7. The predicted molar refractivity (Wildman–Crippen MR) is 83.3 cm³/mol. The number of aliphatic imine (C=N–C) groups is 1. The predicted octanol–water partition coefficient (Wildman–Crippen LogP) is -2.44. The second-order valence-electron chi connectivity index (χ2n) is 5.36. The number of amides is 2. The summed E-state index contributed by atoms with van der Waals surface area (Å²) in [6.45, 7) is 0.347. The zero-order chi connectivity index (χ0) is 17.4. The molecule has 2 unspecified atom stereocenters. The third-order valence-electron chi connectivity index (χ3n) is 3.54. The van der Waals surface area contributed by atoms with Gasteiger partial charge in [0.05, 0.1) is 6.04 Å². The molecule has 0 radical (unpaired) electrons. The summed E-state index contributed by atoms with van der Waals surface area (Å²) < 4.78 is 0. The molecule has 0 aliphatic carbocycles. The maximum absolute atomic E-state index is 12.3. The van der Waals surface area contributed by atoms with Crippen LogP contribution in [0.3, 0.4) is 0 Å². The van der Waals surface area contributed by atoms with Gasteiger partial charge in [-0.25, -0.2) is 0 Å². The highest BCUT2D eigenvalue weighted by atomic mass is 16.4. The lowest BCUT2D eigenvalue weighted by Gasteiger charge is -2.26. The second-order valence-corrected chi connectivity index (χ2v) is 5.36. The Kier molecular flexibility index (Phi) is 7.26. The Bertz CT molecular complexity index is 477. The van der Waals surface area contributed by atoms with Crippen LogP contribution < -0.4 is 22.5 Å². The quantitative estimate of drug-likeness (QED) is 0.186. The number of carboxylic acid groups (broad SMARTS) is 1. The van der Waals surface area contributed by atoms with Crippen LogP contribution in [0.15, 0.2) is 4.99 Å². The number of aliphatic carboxylic acids is 1. The van der Waals surface area contributed by atoms with Gasteiger partial charge in [-0.2, -0.15) is 0 Å². The molecule has 0 aromatic heterocycles. The van der Waals surface area contributed by atoms with Gasteiger partial charge in [0.25, 0.3) is 0 Å². The van der Waals surface area contributed by atoms with Crippen molar-refractivity contribution in [1.82, 2.24) is 10.2 Å². The van der Waals surface area contributed by atoms with Gasteiger partial charge < -0.3 is 32.5 Å². The van der Waals surface area contributed by atoms with E-state index in [1.807, 2.05) is 0 Å². The highest BCUT2D eigenvalue weighted by Gasteiger charge is 2.35. The van der Waals surface area contributed by atoms with Crippen molar-refractivity contribution in [3.63, 3.8) is 0 Å². The average Bonchev–Trinajstić information content (AvgIpc) is 2.97. The van der Waals surface area contributed by atoms with E-state index in [4.69, 9.17) is 22.3 Å². The first-order valence-corrected chi connectivity index (χ1v) is 7.44. The highest BCUT2D eigenvalue weighted by molar-refractivity contribution is 5.91. The number of nitrogens with zero attached hydrogens (tertiary/aromatic N) is 2. The van der Waals surface area contributed by atoms with Crippen LogP contribution >= 0.6 is 0 Å². The summed E-state index contributed by atoms with van der Waals surface area (Å²) in [7, 11) is 0. The van der Waals surface area contributed by atoms with Crippen molar-refractivity contribution in [2.75, 3.05) is 19.6 Å². The van der Waals surface area contributed by atoms with Crippen LogP contribution in [-0.4, -0.2) is 65.5 Å². The van der Waals surface area contributed by atoms with E-state index in [2.05, 4.69) is 10.3 Å². The summed E-state index contributed by atoms with van der Waals surface area (Å²) in [5.41, 5.74) is 16.3. The van der Waals surface area contributed by atoms with E-state index in [-0.39, 0.29) is 11.9 Å². The summed E-state index contributed by atoms with van der Waals surface area (Å²) in [5.74, 6) is -1.93. The zero-order valence-corrected chi connectivity index (χ0v) is 12.9. The van der Waals surface area contributed by atoms with Gasteiger partial charge >= 0.3 is 5.97 Å². The normalized spacial score (nSPS) is 18.3. The van der Waals surface area contributed by atoms with Crippen LogP contribution in [0, 0.1) is 0 Å². The molecule has 130 valence electrons. The standard InChI is InChI=1S/C13H24N6O4/c14-8(3-1-5-17-13(15)16)12(23)19-6-2-4-9(19)11(22)18-7-10(20)21/h8-9H,1-7,14H2,(H,18,22)(H,20,21)(H4,15,16,17). The molecule has 2 atom stereocenters. The molecule has 1 rings (SSSR count). The average molecular weight is 328 g/mol. The lowest BCUT2D eigenvalue weighted by atomic mass is 10.1. The van der Waals surface area contributed by atoms with E-state index in [9.17, 15) is 14.4 Å². The molecule has 2 amide bonds. The van der Waals surface area contributed by atoms with Gasteiger partial charge in [-0.05, 0) is 25.7 Å². The van der Waals surface area contributed by atoms with Gasteiger partial charge in [-0.15, -0.1) is 0 Å². The molecule has 0 bridgehead atoms. The summed E-state index contributed by atoms with van der Waals surface area (Å²) in [5, 5.41) is 10.9. The molecular weight excluding hydrogens is 304 g/mol. The van der Waals surface area contributed by atoms with E-state index < -0.39 is 30.5 Å².